The molecule has 43 heavy (non-hydrogen) atoms. The minimum Gasteiger partial charge on any atom is -0.479 e. The van der Waals surface area contributed by atoms with Crippen LogP contribution in [0, 0.1) is 11.4 Å². The Morgan fingerprint density at radius 1 is 1.21 bits per heavy atom. The molecule has 2 aliphatic rings. The number of halogens is 4. The summed E-state index contributed by atoms with van der Waals surface area (Å²) in [6.45, 7) is 3.15. The van der Waals surface area contributed by atoms with Crippen LogP contribution in [0.3, 0.4) is 0 Å². The zero-order valence-electron chi connectivity index (χ0n) is 24.0. The van der Waals surface area contributed by atoms with Gasteiger partial charge in [0.15, 0.2) is 0 Å². The largest absolute Gasteiger partial charge is 0.479 e. The second kappa shape index (κ2) is 12.3. The lowest BCUT2D eigenvalue weighted by molar-refractivity contribution is -0.137. The smallest absolute Gasteiger partial charge is 0.405 e. The Balaban J connectivity index is 1.29. The second-order valence-electron chi connectivity index (χ2n) is 11.2. The van der Waals surface area contributed by atoms with Gasteiger partial charge in [-0.2, -0.15) is 23.3 Å². The number of anilines is 2. The van der Waals surface area contributed by atoms with Crippen molar-refractivity contribution in [3.8, 4) is 17.0 Å². The molecule has 5 rings (SSSR count). The van der Waals surface area contributed by atoms with Crippen molar-refractivity contribution in [2.45, 2.75) is 38.0 Å². The number of nitrogens with one attached hydrogen (secondary N) is 3. The van der Waals surface area contributed by atoms with Crippen molar-refractivity contribution in [1.29, 1.82) is 5.53 Å². The number of ether oxygens (including phenoxy) is 1. The quantitative estimate of drug-likeness (QED) is 0.216. The van der Waals surface area contributed by atoms with Crippen LogP contribution in [-0.4, -0.2) is 95.1 Å². The number of carbonyl (C=O) groups excluding carboxylic acids is 1. The topological polar surface area (TPSA) is 123 Å². The monoisotopic (exact) mass is 605 g/mol. The highest BCUT2D eigenvalue weighted by atomic mass is 19.4. The summed E-state index contributed by atoms with van der Waals surface area (Å²) in [6, 6.07) is 6.29. The molecule has 2 atom stereocenters. The van der Waals surface area contributed by atoms with Crippen LogP contribution >= 0.6 is 0 Å². The Labute approximate surface area is 246 Å². The fraction of sp³-hybridized carbons (Fsp3) is 0.536. The molecule has 3 aromatic rings. The molecule has 0 saturated carbocycles. The average molecular weight is 606 g/mol. The molecule has 2 saturated heterocycles. The van der Waals surface area contributed by atoms with Gasteiger partial charge in [0.2, 0.25) is 17.7 Å². The van der Waals surface area contributed by atoms with Crippen molar-refractivity contribution in [3.05, 3.63) is 30.5 Å². The highest BCUT2D eigenvalue weighted by Crippen LogP contribution is 2.37. The van der Waals surface area contributed by atoms with Gasteiger partial charge in [0, 0.05) is 30.8 Å². The Morgan fingerprint density at radius 3 is 2.65 bits per heavy atom. The van der Waals surface area contributed by atoms with Crippen molar-refractivity contribution in [1.82, 2.24) is 24.4 Å². The molecule has 1 aromatic carbocycles. The van der Waals surface area contributed by atoms with Gasteiger partial charge in [-0.15, -0.1) is 5.10 Å². The van der Waals surface area contributed by atoms with Gasteiger partial charge in [0.1, 0.15) is 23.4 Å². The van der Waals surface area contributed by atoms with Gasteiger partial charge in [-0.1, -0.05) is 6.07 Å². The molecule has 2 fully saturated rings. The van der Waals surface area contributed by atoms with Gasteiger partial charge in [-0.05, 0) is 63.0 Å². The third-order valence-corrected chi connectivity index (χ3v) is 8.10. The van der Waals surface area contributed by atoms with E-state index in [-0.39, 0.29) is 48.1 Å². The molecular formula is C28H35F4N9O2. The lowest BCUT2D eigenvalue weighted by atomic mass is 9.84. The van der Waals surface area contributed by atoms with E-state index >= 15 is 4.39 Å². The number of benzene rings is 1. The fourth-order valence-electron chi connectivity index (χ4n) is 5.75. The Hall–Kier alpha value is -4.01. The highest BCUT2D eigenvalue weighted by Gasteiger charge is 2.41. The standard InChI is InChI=1S/C28H35F4N9O2/c1-27(29)17-40(23(42)15-39-9-3-4-10-39)11-7-19(27)14-34-26-36-25(43-2)24-20(8-12-41(24)38-26)18-5-6-21(37-33)22(13-18)35-16-28(30,31)32/h5-6,8,12-13,19,33,35H,3-4,7,9-11,14-17H2,1-2H3,(H,34,38)/t19-,27?/m0/s1. The average Bonchev–Trinajstić information content (AvgIpc) is 3.64. The molecule has 0 spiro atoms. The van der Waals surface area contributed by atoms with Crippen molar-refractivity contribution in [2.75, 3.05) is 63.6 Å². The predicted octanol–water partition coefficient (Wildman–Crippen LogP) is 5.13. The number of alkyl halides is 4. The summed E-state index contributed by atoms with van der Waals surface area (Å²) < 4.78 is 61.3. The second-order valence-corrected chi connectivity index (χ2v) is 11.2. The molecule has 0 aliphatic carbocycles. The first-order chi connectivity index (χ1) is 20.5. The van der Waals surface area contributed by atoms with E-state index < -0.39 is 18.4 Å². The summed E-state index contributed by atoms with van der Waals surface area (Å²) in [5.41, 5.74) is 7.43. The summed E-state index contributed by atoms with van der Waals surface area (Å²) >= 11 is 0. The number of nitrogens with zero attached hydrogens (tertiary/aromatic N) is 6. The molecule has 0 bridgehead atoms. The molecule has 2 aromatic heterocycles. The zero-order valence-corrected chi connectivity index (χ0v) is 24.0. The summed E-state index contributed by atoms with van der Waals surface area (Å²) in [6.07, 6.45) is -0.116. The minimum atomic E-state index is -4.44. The van der Waals surface area contributed by atoms with E-state index in [1.54, 1.807) is 23.2 Å². The van der Waals surface area contributed by atoms with Gasteiger partial charge < -0.3 is 20.3 Å². The van der Waals surface area contributed by atoms with Crippen molar-refractivity contribution in [3.63, 3.8) is 0 Å². The van der Waals surface area contributed by atoms with E-state index in [1.165, 1.54) is 30.7 Å². The van der Waals surface area contributed by atoms with E-state index in [4.69, 9.17) is 10.3 Å². The minimum absolute atomic E-state index is 0.0301. The lowest BCUT2D eigenvalue weighted by Gasteiger charge is -2.41. The van der Waals surface area contributed by atoms with Gasteiger partial charge >= 0.3 is 6.18 Å². The number of carbonyl (C=O) groups is 1. The van der Waals surface area contributed by atoms with Crippen LogP contribution in [0.25, 0.3) is 16.6 Å². The maximum Gasteiger partial charge on any atom is 0.405 e. The van der Waals surface area contributed by atoms with E-state index in [0.717, 1.165) is 25.9 Å². The van der Waals surface area contributed by atoms with E-state index in [1.807, 2.05) is 0 Å². The molecule has 232 valence electrons. The van der Waals surface area contributed by atoms with Crippen molar-refractivity contribution < 1.29 is 27.1 Å². The van der Waals surface area contributed by atoms with Crippen LogP contribution in [0.5, 0.6) is 5.88 Å². The lowest BCUT2D eigenvalue weighted by Crippen LogP contribution is -2.54. The summed E-state index contributed by atoms with van der Waals surface area (Å²) in [5.74, 6) is 0.0103. The number of aromatic nitrogens is 3. The normalized spacial score (nSPS) is 21.3. The maximum absolute atomic E-state index is 15.8. The Kier molecular flexibility index (Phi) is 8.71. The number of hydrogen-bond donors (Lipinski definition) is 3. The van der Waals surface area contributed by atoms with Gasteiger partial charge in [0.25, 0.3) is 0 Å². The number of fused-ring (bicyclic) bond motifs is 1. The van der Waals surface area contributed by atoms with Crippen molar-refractivity contribution >= 4 is 28.7 Å². The van der Waals surface area contributed by atoms with Gasteiger partial charge in [-0.25, -0.2) is 14.4 Å². The molecule has 1 amide bonds. The van der Waals surface area contributed by atoms with Crippen LogP contribution in [-0.2, 0) is 4.79 Å². The molecule has 2 aliphatic heterocycles. The van der Waals surface area contributed by atoms with E-state index in [0.29, 0.717) is 36.2 Å². The summed E-state index contributed by atoms with van der Waals surface area (Å²) in [4.78, 5) is 21.0. The molecule has 11 nitrogen and oxygen atoms in total. The van der Waals surface area contributed by atoms with Crippen LogP contribution in [0.2, 0.25) is 0 Å². The summed E-state index contributed by atoms with van der Waals surface area (Å²) in [5, 5.41) is 13.2. The van der Waals surface area contributed by atoms with E-state index in [9.17, 15) is 18.0 Å². The number of hydrogen-bond acceptors (Lipinski definition) is 9. The molecule has 1 unspecified atom stereocenters. The molecular weight excluding hydrogens is 570 g/mol. The SMILES string of the molecule is COc1nc(NC[C@@H]2CCN(C(=O)CN3CCCC3)CC2(C)F)nn2ccc(-c3ccc(N=N)c(NCC(F)(F)F)c3)c12. The predicted molar refractivity (Wildman–Crippen MR) is 153 cm³/mol. The first kappa shape index (κ1) is 30.4. The number of likely N-dealkylation sites (tertiary alicyclic amines) is 2. The number of amides is 1. The molecule has 15 heteroatoms. The van der Waals surface area contributed by atoms with Crippen LogP contribution < -0.4 is 15.4 Å². The molecule has 0 radical (unpaired) electrons. The Bertz CT molecular complexity index is 1470. The van der Waals surface area contributed by atoms with Gasteiger partial charge in [-0.3, -0.25) is 9.69 Å². The molecule has 3 N–H and O–H groups in total. The van der Waals surface area contributed by atoms with E-state index in [2.05, 4.69) is 30.7 Å². The summed E-state index contributed by atoms with van der Waals surface area (Å²) in [7, 11) is 1.44. The maximum atomic E-state index is 15.8. The number of methoxy groups -OCH3 is 1. The highest BCUT2D eigenvalue weighted by molar-refractivity contribution is 5.87. The van der Waals surface area contributed by atoms with Crippen molar-refractivity contribution in [2.24, 2.45) is 11.0 Å². The van der Waals surface area contributed by atoms with Crippen LogP contribution in [0.15, 0.2) is 35.6 Å². The number of piperidine rings is 1. The third kappa shape index (κ3) is 6.98. The Morgan fingerprint density at radius 2 is 1.98 bits per heavy atom. The zero-order chi connectivity index (χ0) is 30.8. The first-order valence-electron chi connectivity index (χ1n) is 14.2. The molecule has 4 heterocycles. The third-order valence-electron chi connectivity index (χ3n) is 8.10. The van der Waals surface area contributed by atoms with Crippen LogP contribution in [0.1, 0.15) is 26.2 Å². The van der Waals surface area contributed by atoms with Gasteiger partial charge in [0.05, 0.1) is 25.9 Å². The first-order valence-corrected chi connectivity index (χ1v) is 14.2. The van der Waals surface area contributed by atoms with Crippen LogP contribution in [0.4, 0.5) is 34.9 Å². The number of rotatable bonds is 10. The fourth-order valence-corrected chi connectivity index (χ4v) is 5.75.